The van der Waals surface area contributed by atoms with Crippen LogP contribution in [0.2, 0.25) is 0 Å². The first-order valence-corrected chi connectivity index (χ1v) is 10.2. The highest BCUT2D eigenvalue weighted by Gasteiger charge is 2.15. The fraction of sp³-hybridized carbons (Fsp3) is 0.292. The van der Waals surface area contributed by atoms with Gasteiger partial charge in [0.05, 0.1) is 0 Å². The third-order valence-corrected chi connectivity index (χ3v) is 5.00. The molecule has 0 bridgehead atoms. The van der Waals surface area contributed by atoms with E-state index in [-0.39, 0.29) is 12.5 Å². The zero-order valence-corrected chi connectivity index (χ0v) is 18.3. The molecule has 7 nitrogen and oxygen atoms in total. The van der Waals surface area contributed by atoms with Crippen LogP contribution in [-0.4, -0.2) is 39.7 Å². The molecule has 0 radical (unpaired) electrons. The number of ether oxygens (including phenoxy) is 1. The van der Waals surface area contributed by atoms with Crippen molar-refractivity contribution in [3.63, 3.8) is 0 Å². The standard InChI is InChI=1S/C24H27N3O4/c1-5-26(15-20-9-7-6-8-10-20)23(28)16-30-24(29)12-11-21-13-17(2)27(19(21)4)22-14-18(3)31-25-22/h6-14H,5,15-16H2,1-4H3/b12-11+. The first kappa shape index (κ1) is 22.1. The minimum Gasteiger partial charge on any atom is -0.452 e. The van der Waals surface area contributed by atoms with Gasteiger partial charge in [-0.05, 0) is 51.0 Å². The first-order chi connectivity index (χ1) is 14.9. The van der Waals surface area contributed by atoms with E-state index in [1.807, 2.05) is 74.7 Å². The molecule has 162 valence electrons. The van der Waals surface area contributed by atoms with Crippen LogP contribution in [0.1, 0.15) is 35.2 Å². The Morgan fingerprint density at radius 1 is 1.16 bits per heavy atom. The van der Waals surface area contributed by atoms with E-state index in [4.69, 9.17) is 9.26 Å². The molecule has 0 saturated carbocycles. The molecule has 0 aliphatic heterocycles. The van der Waals surface area contributed by atoms with E-state index in [2.05, 4.69) is 5.16 Å². The predicted octanol–water partition coefficient (Wildman–Crippen LogP) is 4.00. The van der Waals surface area contributed by atoms with E-state index in [0.29, 0.717) is 18.9 Å². The van der Waals surface area contributed by atoms with Crippen molar-refractivity contribution in [2.45, 2.75) is 34.2 Å². The van der Waals surface area contributed by atoms with Gasteiger partial charge < -0.3 is 14.2 Å². The summed E-state index contributed by atoms with van der Waals surface area (Å²) in [6, 6.07) is 13.5. The number of carbonyl (C=O) groups is 2. The van der Waals surface area contributed by atoms with E-state index in [9.17, 15) is 9.59 Å². The summed E-state index contributed by atoms with van der Waals surface area (Å²) in [4.78, 5) is 26.2. The number of esters is 1. The van der Waals surface area contributed by atoms with Gasteiger partial charge in [-0.1, -0.05) is 35.5 Å². The number of aryl methyl sites for hydroxylation is 2. The van der Waals surface area contributed by atoms with Crippen LogP contribution in [0.4, 0.5) is 0 Å². The minimum absolute atomic E-state index is 0.229. The quantitative estimate of drug-likeness (QED) is 0.406. The molecule has 1 aromatic carbocycles. The molecule has 0 atom stereocenters. The van der Waals surface area contributed by atoms with Gasteiger partial charge in [0.1, 0.15) is 5.76 Å². The number of hydrogen-bond donors (Lipinski definition) is 0. The summed E-state index contributed by atoms with van der Waals surface area (Å²) in [6.07, 6.45) is 3.01. The Bertz CT molecular complexity index is 1080. The zero-order valence-electron chi connectivity index (χ0n) is 18.3. The summed E-state index contributed by atoms with van der Waals surface area (Å²) in [7, 11) is 0. The lowest BCUT2D eigenvalue weighted by molar-refractivity contribution is -0.148. The number of hydrogen-bond acceptors (Lipinski definition) is 5. The summed E-state index contributed by atoms with van der Waals surface area (Å²) in [6.45, 7) is 8.36. The molecule has 2 aromatic heterocycles. The lowest BCUT2D eigenvalue weighted by atomic mass is 10.2. The Morgan fingerprint density at radius 3 is 2.55 bits per heavy atom. The molecule has 1 amide bonds. The topological polar surface area (TPSA) is 77.6 Å². The fourth-order valence-corrected chi connectivity index (χ4v) is 3.38. The number of carbonyl (C=O) groups excluding carboxylic acids is 2. The summed E-state index contributed by atoms with van der Waals surface area (Å²) >= 11 is 0. The SMILES string of the molecule is CCN(Cc1ccccc1)C(=O)COC(=O)/C=C/c1cc(C)n(-c2cc(C)on2)c1C. The molecule has 0 aliphatic carbocycles. The van der Waals surface area contributed by atoms with Gasteiger partial charge in [-0.15, -0.1) is 0 Å². The van der Waals surface area contributed by atoms with Gasteiger partial charge in [0, 0.05) is 36.6 Å². The van der Waals surface area contributed by atoms with Crippen LogP contribution < -0.4 is 0 Å². The smallest absolute Gasteiger partial charge is 0.331 e. The van der Waals surface area contributed by atoms with Crippen LogP contribution in [0.5, 0.6) is 0 Å². The van der Waals surface area contributed by atoms with Crippen LogP contribution >= 0.6 is 0 Å². The molecule has 0 aliphatic rings. The Hall–Kier alpha value is -3.61. The van der Waals surface area contributed by atoms with E-state index in [1.54, 1.807) is 11.0 Å². The average molecular weight is 421 g/mol. The minimum atomic E-state index is -0.564. The zero-order chi connectivity index (χ0) is 22.4. The number of aromatic nitrogens is 2. The van der Waals surface area contributed by atoms with Crippen molar-refractivity contribution < 1.29 is 18.8 Å². The number of benzene rings is 1. The Balaban J connectivity index is 1.59. The van der Waals surface area contributed by atoms with Crippen LogP contribution in [0.15, 0.2) is 53.1 Å². The molecule has 0 N–H and O–H groups in total. The predicted molar refractivity (Wildman–Crippen MR) is 118 cm³/mol. The summed E-state index contributed by atoms with van der Waals surface area (Å²) in [5.74, 6) is 0.624. The molecule has 0 unspecified atom stereocenters. The average Bonchev–Trinajstić information content (AvgIpc) is 3.31. The van der Waals surface area contributed by atoms with Gasteiger partial charge >= 0.3 is 5.97 Å². The van der Waals surface area contributed by atoms with Gasteiger partial charge in [0.15, 0.2) is 12.4 Å². The maximum absolute atomic E-state index is 12.4. The number of amides is 1. The van der Waals surface area contributed by atoms with Crippen LogP contribution in [-0.2, 0) is 20.9 Å². The lowest BCUT2D eigenvalue weighted by Gasteiger charge is -2.20. The van der Waals surface area contributed by atoms with Crippen molar-refractivity contribution in [3.8, 4) is 5.82 Å². The highest BCUT2D eigenvalue weighted by molar-refractivity contribution is 5.89. The van der Waals surface area contributed by atoms with Gasteiger partial charge in [0.25, 0.3) is 5.91 Å². The maximum Gasteiger partial charge on any atom is 0.331 e. The Kier molecular flexibility index (Phi) is 7.07. The highest BCUT2D eigenvalue weighted by Crippen LogP contribution is 2.21. The molecule has 7 heteroatoms. The largest absolute Gasteiger partial charge is 0.452 e. The van der Waals surface area contributed by atoms with E-state index in [1.165, 1.54) is 6.08 Å². The molecule has 3 aromatic rings. The van der Waals surface area contributed by atoms with Crippen LogP contribution in [0.3, 0.4) is 0 Å². The lowest BCUT2D eigenvalue weighted by Crippen LogP contribution is -2.33. The molecule has 31 heavy (non-hydrogen) atoms. The highest BCUT2D eigenvalue weighted by atomic mass is 16.5. The summed E-state index contributed by atoms with van der Waals surface area (Å²) in [5, 5.41) is 4.05. The number of nitrogens with zero attached hydrogens (tertiary/aromatic N) is 3. The monoisotopic (exact) mass is 421 g/mol. The third kappa shape index (κ3) is 5.51. The molecule has 0 fully saturated rings. The fourth-order valence-electron chi connectivity index (χ4n) is 3.38. The van der Waals surface area contributed by atoms with Crippen LogP contribution in [0, 0.1) is 20.8 Å². The second-order valence-corrected chi connectivity index (χ2v) is 7.29. The van der Waals surface area contributed by atoms with Crippen molar-refractivity contribution >= 4 is 18.0 Å². The Labute approximate surface area is 181 Å². The third-order valence-electron chi connectivity index (χ3n) is 5.00. The van der Waals surface area contributed by atoms with Crippen molar-refractivity contribution in [1.82, 2.24) is 14.6 Å². The number of likely N-dealkylation sites (N-methyl/N-ethyl adjacent to an activating group) is 1. The molecular formula is C24H27N3O4. The second kappa shape index (κ2) is 9.93. The molecular weight excluding hydrogens is 394 g/mol. The van der Waals surface area contributed by atoms with Crippen molar-refractivity contribution in [2.75, 3.05) is 13.2 Å². The van der Waals surface area contributed by atoms with Gasteiger partial charge in [-0.3, -0.25) is 9.36 Å². The normalized spacial score (nSPS) is 11.1. The van der Waals surface area contributed by atoms with Crippen molar-refractivity contribution in [1.29, 1.82) is 0 Å². The van der Waals surface area contributed by atoms with Crippen molar-refractivity contribution in [2.24, 2.45) is 0 Å². The van der Waals surface area contributed by atoms with E-state index in [0.717, 1.165) is 28.3 Å². The maximum atomic E-state index is 12.4. The first-order valence-electron chi connectivity index (χ1n) is 10.2. The Morgan fingerprint density at radius 2 is 1.90 bits per heavy atom. The molecule has 2 heterocycles. The van der Waals surface area contributed by atoms with Gasteiger partial charge in [0.2, 0.25) is 0 Å². The van der Waals surface area contributed by atoms with Gasteiger partial charge in [-0.25, -0.2) is 4.79 Å². The van der Waals surface area contributed by atoms with E-state index >= 15 is 0 Å². The van der Waals surface area contributed by atoms with E-state index < -0.39 is 5.97 Å². The second-order valence-electron chi connectivity index (χ2n) is 7.29. The number of rotatable bonds is 8. The van der Waals surface area contributed by atoms with Crippen LogP contribution in [0.25, 0.3) is 11.9 Å². The summed E-state index contributed by atoms with van der Waals surface area (Å²) in [5.41, 5.74) is 3.78. The molecule has 0 spiro atoms. The van der Waals surface area contributed by atoms with Gasteiger partial charge in [-0.2, -0.15) is 0 Å². The summed E-state index contributed by atoms with van der Waals surface area (Å²) < 4.78 is 12.3. The molecule has 3 rings (SSSR count). The van der Waals surface area contributed by atoms with Crippen molar-refractivity contribution in [3.05, 3.63) is 76.8 Å². The molecule has 0 saturated heterocycles.